The maximum Gasteiger partial charge on any atom is 0.0894 e. The molecule has 0 spiro atoms. The summed E-state index contributed by atoms with van der Waals surface area (Å²) in [5, 5.41) is 21.3. The number of likely N-dealkylation sites (tertiary alicyclic amines) is 1. The van der Waals surface area contributed by atoms with Gasteiger partial charge in [-0.1, -0.05) is 13.8 Å². The second kappa shape index (κ2) is 6.69. The van der Waals surface area contributed by atoms with Gasteiger partial charge in [-0.15, -0.1) is 0 Å². The largest absolute Gasteiger partial charge is 0.394 e. The lowest BCUT2D eigenvalue weighted by atomic mass is 9.74. The van der Waals surface area contributed by atoms with Crippen molar-refractivity contribution in [3.8, 4) is 0 Å². The van der Waals surface area contributed by atoms with Crippen molar-refractivity contribution in [2.45, 2.75) is 32.8 Å². The number of nitrogens with zero attached hydrogens (tertiary/aromatic N) is 1. The van der Waals surface area contributed by atoms with E-state index in [1.54, 1.807) is 0 Å². The predicted octanol–water partition coefficient (Wildman–Crippen LogP) is 0.297. The summed E-state index contributed by atoms with van der Waals surface area (Å²) in [4.78, 5) is 2.40. The van der Waals surface area contributed by atoms with E-state index in [0.29, 0.717) is 12.5 Å². The second-order valence-electron chi connectivity index (χ2n) is 6.06. The molecule has 0 aromatic rings. The fraction of sp³-hybridized carbons (Fsp3) is 1.00. The molecule has 4 nitrogen and oxygen atoms in total. The highest BCUT2D eigenvalue weighted by molar-refractivity contribution is 4.85. The highest BCUT2D eigenvalue weighted by Crippen LogP contribution is 2.32. The van der Waals surface area contributed by atoms with Crippen molar-refractivity contribution in [2.75, 3.05) is 39.8 Å². The molecule has 1 aliphatic rings. The Hall–Kier alpha value is -0.160. The lowest BCUT2D eigenvalue weighted by molar-refractivity contribution is 0.0782. The van der Waals surface area contributed by atoms with Crippen LogP contribution < -0.4 is 5.32 Å². The molecule has 0 bridgehead atoms. The van der Waals surface area contributed by atoms with Gasteiger partial charge in [0.2, 0.25) is 0 Å². The average Bonchev–Trinajstić information content (AvgIpc) is 2.28. The Morgan fingerprint density at radius 1 is 1.47 bits per heavy atom. The van der Waals surface area contributed by atoms with Gasteiger partial charge in [-0.2, -0.15) is 0 Å². The van der Waals surface area contributed by atoms with Crippen LogP contribution in [0.15, 0.2) is 0 Å². The van der Waals surface area contributed by atoms with E-state index in [2.05, 4.69) is 31.1 Å². The van der Waals surface area contributed by atoms with E-state index in [4.69, 9.17) is 5.11 Å². The maximum absolute atomic E-state index is 9.29. The van der Waals surface area contributed by atoms with Crippen molar-refractivity contribution in [1.29, 1.82) is 0 Å². The molecule has 0 aromatic heterocycles. The molecule has 0 aromatic carbocycles. The quantitative estimate of drug-likeness (QED) is 0.629. The molecule has 0 amide bonds. The van der Waals surface area contributed by atoms with E-state index in [-0.39, 0.29) is 12.0 Å². The Bertz CT molecular complexity index is 221. The van der Waals surface area contributed by atoms with E-state index in [0.717, 1.165) is 13.1 Å². The van der Waals surface area contributed by atoms with Gasteiger partial charge in [-0.25, -0.2) is 0 Å². The van der Waals surface area contributed by atoms with Crippen LogP contribution in [0.5, 0.6) is 0 Å². The molecular weight excluding hydrogens is 216 g/mol. The Morgan fingerprint density at radius 2 is 2.18 bits per heavy atom. The molecule has 1 heterocycles. The monoisotopic (exact) mass is 244 g/mol. The summed E-state index contributed by atoms with van der Waals surface area (Å²) >= 11 is 0. The van der Waals surface area contributed by atoms with E-state index >= 15 is 0 Å². The van der Waals surface area contributed by atoms with Crippen molar-refractivity contribution in [2.24, 2.45) is 11.3 Å². The first-order chi connectivity index (χ1) is 7.95. The first kappa shape index (κ1) is 14.9. The molecular formula is C13H28N2O2. The Labute approximate surface area is 105 Å². The number of piperidine rings is 1. The number of nitrogens with one attached hydrogen (secondary N) is 1. The number of aliphatic hydroxyl groups is 2. The molecule has 0 radical (unpaired) electrons. The minimum Gasteiger partial charge on any atom is -0.394 e. The third-order valence-corrected chi connectivity index (χ3v) is 3.90. The highest BCUT2D eigenvalue weighted by atomic mass is 16.3. The summed E-state index contributed by atoms with van der Waals surface area (Å²) in [6, 6.07) is 0. The Balaban J connectivity index is 2.33. The third-order valence-electron chi connectivity index (χ3n) is 3.90. The zero-order chi connectivity index (χ0) is 12.9. The van der Waals surface area contributed by atoms with Crippen molar-refractivity contribution in [1.82, 2.24) is 10.2 Å². The molecule has 1 fully saturated rings. The van der Waals surface area contributed by atoms with Crippen molar-refractivity contribution in [3.05, 3.63) is 0 Å². The van der Waals surface area contributed by atoms with Gasteiger partial charge in [-0.05, 0) is 37.8 Å². The zero-order valence-corrected chi connectivity index (χ0v) is 11.4. The highest BCUT2D eigenvalue weighted by Gasteiger charge is 2.31. The summed E-state index contributed by atoms with van der Waals surface area (Å²) < 4.78 is 0. The van der Waals surface area contributed by atoms with Crippen LogP contribution in [0.1, 0.15) is 26.7 Å². The third kappa shape index (κ3) is 4.92. The van der Waals surface area contributed by atoms with E-state index in [1.165, 1.54) is 19.4 Å². The Morgan fingerprint density at radius 3 is 2.76 bits per heavy atom. The van der Waals surface area contributed by atoms with Gasteiger partial charge in [0, 0.05) is 19.6 Å². The molecule has 0 saturated carbocycles. The zero-order valence-electron chi connectivity index (χ0n) is 11.4. The number of hydrogen-bond acceptors (Lipinski definition) is 4. The van der Waals surface area contributed by atoms with Gasteiger partial charge >= 0.3 is 0 Å². The van der Waals surface area contributed by atoms with E-state index in [1.807, 2.05) is 0 Å². The van der Waals surface area contributed by atoms with Crippen molar-refractivity contribution >= 4 is 0 Å². The van der Waals surface area contributed by atoms with Crippen LogP contribution in [0.25, 0.3) is 0 Å². The van der Waals surface area contributed by atoms with Crippen LogP contribution >= 0.6 is 0 Å². The van der Waals surface area contributed by atoms with Crippen LogP contribution in [0.4, 0.5) is 0 Å². The summed E-state index contributed by atoms with van der Waals surface area (Å²) in [5.74, 6) is 0.708. The summed E-state index contributed by atoms with van der Waals surface area (Å²) in [7, 11) is 2.19. The lowest BCUT2D eigenvalue weighted by Gasteiger charge is -2.40. The van der Waals surface area contributed by atoms with Gasteiger partial charge in [0.1, 0.15) is 0 Å². The first-order valence-electron chi connectivity index (χ1n) is 6.64. The van der Waals surface area contributed by atoms with Gasteiger partial charge in [0.15, 0.2) is 0 Å². The SMILES string of the molecule is CN1CCCC(C(C)(C)CNCC(O)CO)C1. The second-order valence-corrected chi connectivity index (χ2v) is 6.06. The van der Waals surface area contributed by atoms with Gasteiger partial charge in [-0.3, -0.25) is 0 Å². The molecule has 17 heavy (non-hydrogen) atoms. The summed E-state index contributed by atoms with van der Waals surface area (Å²) in [6.45, 7) is 8.15. The van der Waals surface area contributed by atoms with Crippen LogP contribution in [0.2, 0.25) is 0 Å². The molecule has 1 saturated heterocycles. The number of hydrogen-bond donors (Lipinski definition) is 3. The number of rotatable bonds is 6. The van der Waals surface area contributed by atoms with Gasteiger partial charge in [0.25, 0.3) is 0 Å². The fourth-order valence-corrected chi connectivity index (χ4v) is 2.57. The molecule has 2 atom stereocenters. The normalized spacial score (nSPS) is 24.9. The minimum atomic E-state index is -0.639. The maximum atomic E-state index is 9.29. The average molecular weight is 244 g/mol. The molecule has 4 heteroatoms. The summed E-state index contributed by atoms with van der Waals surface area (Å²) in [6.07, 6.45) is 1.94. The van der Waals surface area contributed by atoms with Crippen molar-refractivity contribution in [3.63, 3.8) is 0 Å². The number of aliphatic hydroxyl groups excluding tert-OH is 2. The lowest BCUT2D eigenvalue weighted by Crippen LogP contribution is -2.45. The molecule has 3 N–H and O–H groups in total. The predicted molar refractivity (Wildman–Crippen MR) is 70.0 cm³/mol. The smallest absolute Gasteiger partial charge is 0.0894 e. The molecule has 102 valence electrons. The van der Waals surface area contributed by atoms with Crippen LogP contribution in [0, 0.1) is 11.3 Å². The summed E-state index contributed by atoms with van der Waals surface area (Å²) in [5.41, 5.74) is 0.240. The van der Waals surface area contributed by atoms with E-state index < -0.39 is 6.10 Å². The van der Waals surface area contributed by atoms with Crippen LogP contribution in [-0.2, 0) is 0 Å². The standard InChI is InChI=1S/C13H28N2O2/c1-13(2,10-14-7-12(17)9-16)11-5-4-6-15(3)8-11/h11-12,14,16-17H,4-10H2,1-3H3. The fourth-order valence-electron chi connectivity index (χ4n) is 2.57. The molecule has 1 rings (SSSR count). The van der Waals surface area contributed by atoms with Crippen LogP contribution in [-0.4, -0.2) is 61.1 Å². The molecule has 2 unspecified atom stereocenters. The minimum absolute atomic E-state index is 0.167. The van der Waals surface area contributed by atoms with Gasteiger partial charge < -0.3 is 20.4 Å². The topological polar surface area (TPSA) is 55.7 Å². The van der Waals surface area contributed by atoms with Crippen molar-refractivity contribution < 1.29 is 10.2 Å². The van der Waals surface area contributed by atoms with Crippen LogP contribution in [0.3, 0.4) is 0 Å². The Kier molecular flexibility index (Phi) is 5.86. The van der Waals surface area contributed by atoms with Gasteiger partial charge in [0.05, 0.1) is 12.7 Å². The first-order valence-corrected chi connectivity index (χ1v) is 6.64. The van der Waals surface area contributed by atoms with E-state index in [9.17, 15) is 5.11 Å². The molecule has 1 aliphatic heterocycles. The molecule has 0 aliphatic carbocycles.